The molecule has 7 heteroatoms. The van der Waals surface area contributed by atoms with Crippen molar-refractivity contribution >= 4 is 12.2 Å². The van der Waals surface area contributed by atoms with Crippen LogP contribution in [-0.4, -0.2) is 52.8 Å². The average molecular weight is 369 g/mol. The molecule has 1 heterocycles. The summed E-state index contributed by atoms with van der Waals surface area (Å²) in [6.07, 6.45) is -0.0816. The first-order valence-corrected chi connectivity index (χ1v) is 9.01. The van der Waals surface area contributed by atoms with Gasteiger partial charge in [0.1, 0.15) is 17.3 Å². The molecule has 2 amide bonds. The summed E-state index contributed by atoms with van der Waals surface area (Å²) in [4.78, 5) is 26.9. The van der Waals surface area contributed by atoms with Gasteiger partial charge in [-0.3, -0.25) is 0 Å². The lowest BCUT2D eigenvalue weighted by atomic mass is 10.1. The van der Waals surface area contributed by atoms with Crippen LogP contribution in [0.4, 0.5) is 9.59 Å². The second-order valence-corrected chi connectivity index (χ2v) is 8.71. The summed E-state index contributed by atoms with van der Waals surface area (Å²) >= 11 is 0. The number of hydrogen-bond donors (Lipinski definition) is 0. The summed E-state index contributed by atoms with van der Waals surface area (Å²) in [5, 5.41) is 0. The van der Waals surface area contributed by atoms with Crippen LogP contribution in [0.25, 0.3) is 0 Å². The van der Waals surface area contributed by atoms with E-state index in [1.807, 2.05) is 6.92 Å². The van der Waals surface area contributed by atoms with E-state index < -0.39 is 41.3 Å². The van der Waals surface area contributed by atoms with Crippen LogP contribution in [0.5, 0.6) is 0 Å². The molecule has 0 radical (unpaired) electrons. The highest BCUT2D eigenvalue weighted by Gasteiger charge is 2.74. The van der Waals surface area contributed by atoms with Crippen molar-refractivity contribution in [1.29, 1.82) is 0 Å². The third-order valence-corrected chi connectivity index (χ3v) is 4.16. The fraction of sp³-hybridized carbons (Fsp3) is 0.789. The Balaban J connectivity index is 2.33. The van der Waals surface area contributed by atoms with Crippen molar-refractivity contribution in [3.8, 4) is 0 Å². The molecule has 0 aromatic carbocycles. The van der Waals surface area contributed by atoms with Gasteiger partial charge in [0.2, 0.25) is 0 Å². The van der Waals surface area contributed by atoms with Crippen molar-refractivity contribution in [2.45, 2.75) is 84.0 Å². The monoisotopic (exact) mass is 369 g/mol. The normalized spacial score (nSPS) is 30.3. The number of ether oxygens (including phenoxy) is 4. The molecule has 2 rings (SSSR count). The highest BCUT2D eigenvalue weighted by Crippen LogP contribution is 2.59. The van der Waals surface area contributed by atoms with Crippen molar-refractivity contribution in [3.63, 3.8) is 0 Å². The maximum absolute atomic E-state index is 12.9. The van der Waals surface area contributed by atoms with Crippen molar-refractivity contribution in [1.82, 2.24) is 4.90 Å². The Morgan fingerprint density at radius 3 is 2.00 bits per heavy atom. The third kappa shape index (κ3) is 4.38. The van der Waals surface area contributed by atoms with Gasteiger partial charge < -0.3 is 18.9 Å². The van der Waals surface area contributed by atoms with Crippen LogP contribution in [0, 0.1) is 5.92 Å². The molecule has 0 N–H and O–H groups in total. The third-order valence-electron chi connectivity index (χ3n) is 4.16. The maximum Gasteiger partial charge on any atom is 0.420 e. The lowest BCUT2D eigenvalue weighted by molar-refractivity contribution is -0.0148. The Hall–Kier alpha value is -1.60. The fourth-order valence-corrected chi connectivity index (χ4v) is 3.07. The summed E-state index contributed by atoms with van der Waals surface area (Å²) in [6, 6.07) is 0. The molecule has 0 bridgehead atoms. The van der Waals surface area contributed by atoms with Gasteiger partial charge in [-0.1, -0.05) is 6.08 Å². The molecule has 1 saturated heterocycles. The minimum absolute atomic E-state index is 0.0991. The Bertz CT molecular complexity index is 548. The van der Waals surface area contributed by atoms with Crippen molar-refractivity contribution in [3.05, 3.63) is 12.7 Å². The fourth-order valence-electron chi connectivity index (χ4n) is 3.07. The molecule has 1 aliphatic carbocycles. The standard InChI is InChI=1S/C19H31NO6/c1-9-12-11-19(12,13-14(24-13)23-10-2)20(15(21)25-17(3,4)5)16(22)26-18(6,7)8/h9,12-14H,1,10-11H2,2-8H3/t12-,13?,14?,19-/m1/s1. The molecule has 1 saturated carbocycles. The van der Waals surface area contributed by atoms with E-state index in [2.05, 4.69) is 6.58 Å². The smallest absolute Gasteiger partial charge is 0.420 e. The number of imide groups is 1. The SMILES string of the molecule is C=C[C@@H]1C[C@@]1(C1OC1OCC)N(C(=O)OC(C)(C)C)C(=O)OC(C)(C)C. The van der Waals surface area contributed by atoms with E-state index in [-0.39, 0.29) is 5.92 Å². The summed E-state index contributed by atoms with van der Waals surface area (Å²) in [5.41, 5.74) is -2.38. The Labute approximate surface area is 155 Å². The van der Waals surface area contributed by atoms with Crippen LogP contribution in [0.2, 0.25) is 0 Å². The Morgan fingerprint density at radius 2 is 1.65 bits per heavy atom. The predicted octanol–water partition coefficient (Wildman–Crippen LogP) is 3.86. The van der Waals surface area contributed by atoms with Gasteiger partial charge in [0.15, 0.2) is 6.29 Å². The second kappa shape index (κ2) is 6.85. The molecule has 2 fully saturated rings. The number of amides is 2. The average Bonchev–Trinajstić information content (AvgIpc) is 3.30. The largest absolute Gasteiger partial charge is 0.443 e. The highest BCUT2D eigenvalue weighted by molar-refractivity contribution is 5.90. The molecule has 2 unspecified atom stereocenters. The van der Waals surface area contributed by atoms with Crippen LogP contribution in [0.3, 0.4) is 0 Å². The molecule has 1 aliphatic heterocycles. The first-order valence-electron chi connectivity index (χ1n) is 9.01. The molecule has 7 nitrogen and oxygen atoms in total. The van der Waals surface area contributed by atoms with Crippen LogP contribution < -0.4 is 0 Å². The Morgan fingerprint density at radius 1 is 1.15 bits per heavy atom. The molecule has 0 aromatic rings. The quantitative estimate of drug-likeness (QED) is 0.541. The zero-order chi connectivity index (χ0) is 19.9. The first kappa shape index (κ1) is 20.7. The van der Waals surface area contributed by atoms with Crippen LogP contribution in [0.1, 0.15) is 54.9 Å². The van der Waals surface area contributed by atoms with E-state index in [9.17, 15) is 9.59 Å². The van der Waals surface area contributed by atoms with E-state index in [0.29, 0.717) is 13.0 Å². The Kier molecular flexibility index (Phi) is 5.46. The number of rotatable bonds is 5. The number of carbonyl (C=O) groups is 2. The molecular weight excluding hydrogens is 338 g/mol. The minimum Gasteiger partial charge on any atom is -0.443 e. The van der Waals surface area contributed by atoms with Gasteiger partial charge in [-0.05, 0) is 54.9 Å². The lowest BCUT2D eigenvalue weighted by Gasteiger charge is -2.33. The minimum atomic E-state index is -0.883. The molecule has 26 heavy (non-hydrogen) atoms. The van der Waals surface area contributed by atoms with E-state index in [0.717, 1.165) is 4.90 Å². The maximum atomic E-state index is 12.9. The van der Waals surface area contributed by atoms with Crippen molar-refractivity contribution in [2.24, 2.45) is 5.92 Å². The second-order valence-electron chi connectivity index (χ2n) is 8.71. The van der Waals surface area contributed by atoms with Gasteiger partial charge in [-0.25, -0.2) is 14.5 Å². The van der Waals surface area contributed by atoms with E-state index in [1.54, 1.807) is 47.6 Å². The molecule has 0 spiro atoms. The van der Waals surface area contributed by atoms with Crippen molar-refractivity contribution in [2.75, 3.05) is 6.61 Å². The summed E-state index contributed by atoms with van der Waals surface area (Å²) in [7, 11) is 0. The van der Waals surface area contributed by atoms with E-state index in [4.69, 9.17) is 18.9 Å². The van der Waals surface area contributed by atoms with E-state index >= 15 is 0 Å². The van der Waals surface area contributed by atoms with Gasteiger partial charge in [0.25, 0.3) is 0 Å². The predicted molar refractivity (Wildman–Crippen MR) is 95.6 cm³/mol. The van der Waals surface area contributed by atoms with Gasteiger partial charge in [-0.15, -0.1) is 6.58 Å². The van der Waals surface area contributed by atoms with Crippen LogP contribution >= 0.6 is 0 Å². The highest BCUT2D eigenvalue weighted by atomic mass is 16.8. The molecule has 148 valence electrons. The zero-order valence-corrected chi connectivity index (χ0v) is 16.8. The van der Waals surface area contributed by atoms with Crippen molar-refractivity contribution < 1.29 is 28.5 Å². The summed E-state index contributed by atoms with van der Waals surface area (Å²) in [6.45, 7) is 16.7. The van der Waals surface area contributed by atoms with Gasteiger partial charge in [0, 0.05) is 12.5 Å². The lowest BCUT2D eigenvalue weighted by Crippen LogP contribution is -2.54. The van der Waals surface area contributed by atoms with Crippen LogP contribution in [0.15, 0.2) is 12.7 Å². The molecule has 4 atom stereocenters. The molecular formula is C19H31NO6. The number of epoxide rings is 1. The van der Waals surface area contributed by atoms with Crippen LogP contribution in [-0.2, 0) is 18.9 Å². The molecule has 0 aromatic heterocycles. The summed E-state index contributed by atoms with van der Waals surface area (Å²) < 4.78 is 22.1. The number of nitrogens with zero attached hydrogens (tertiary/aromatic N) is 1. The van der Waals surface area contributed by atoms with Gasteiger partial charge in [-0.2, -0.15) is 0 Å². The van der Waals surface area contributed by atoms with E-state index in [1.165, 1.54) is 0 Å². The number of carbonyl (C=O) groups excluding carboxylic acids is 2. The summed E-state index contributed by atoms with van der Waals surface area (Å²) in [5.74, 6) is -0.0991. The topological polar surface area (TPSA) is 77.6 Å². The molecule has 2 aliphatic rings. The van der Waals surface area contributed by atoms with Gasteiger partial charge in [0.05, 0.1) is 5.54 Å². The van der Waals surface area contributed by atoms with Gasteiger partial charge >= 0.3 is 12.2 Å². The zero-order valence-electron chi connectivity index (χ0n) is 16.8. The first-order chi connectivity index (χ1) is 11.9. The number of hydrogen-bond acceptors (Lipinski definition) is 6.